The minimum absolute atomic E-state index is 0.0394. The molecule has 0 amide bonds. The van der Waals surface area contributed by atoms with E-state index >= 15 is 0 Å². The number of aromatic nitrogens is 1. The number of hydrogen-bond donors (Lipinski definition) is 1. The average Bonchev–Trinajstić information content (AvgIpc) is 2.63. The standard InChI is InChI=1S/C19H19NO5/c1-23-12-7-10-4-6-20-16-11(21)8-18-5-3-13(22)19(9-18,24-2)25-17(12)15(18)14(10)16/h4,6-7,13,22H,3,5,8-9H2,1-2H3. The largest absolute Gasteiger partial charge is 0.493 e. The third-order valence-corrected chi connectivity index (χ3v) is 6.09. The molecule has 1 saturated carbocycles. The summed E-state index contributed by atoms with van der Waals surface area (Å²) < 4.78 is 17.5. The van der Waals surface area contributed by atoms with Gasteiger partial charge in [-0.3, -0.25) is 9.78 Å². The summed E-state index contributed by atoms with van der Waals surface area (Å²) in [6.07, 6.45) is 2.95. The number of carbonyl (C=O) groups excluding carboxylic acids is 1. The Labute approximate surface area is 144 Å². The number of hydrogen-bond acceptors (Lipinski definition) is 6. The Morgan fingerprint density at radius 2 is 2.24 bits per heavy atom. The number of nitrogens with zero attached hydrogens (tertiary/aromatic N) is 1. The van der Waals surface area contributed by atoms with Crippen LogP contribution in [0.1, 0.15) is 41.7 Å². The van der Waals surface area contributed by atoms with Crippen molar-refractivity contribution >= 4 is 16.6 Å². The number of pyridine rings is 1. The van der Waals surface area contributed by atoms with E-state index in [9.17, 15) is 9.90 Å². The topological polar surface area (TPSA) is 77.9 Å². The lowest BCUT2D eigenvalue weighted by molar-refractivity contribution is -0.260. The molecule has 2 aromatic rings. The van der Waals surface area contributed by atoms with Crippen molar-refractivity contribution in [3.63, 3.8) is 0 Å². The van der Waals surface area contributed by atoms with Gasteiger partial charge < -0.3 is 19.3 Å². The molecule has 6 heteroatoms. The number of Topliss-reactive ketones (excluding diaryl/α,β-unsaturated/α-hetero) is 1. The van der Waals surface area contributed by atoms with Gasteiger partial charge in [0.1, 0.15) is 11.8 Å². The fourth-order valence-corrected chi connectivity index (χ4v) is 4.95. The summed E-state index contributed by atoms with van der Waals surface area (Å²) in [7, 11) is 3.13. The van der Waals surface area contributed by atoms with Gasteiger partial charge in [0.15, 0.2) is 17.3 Å². The number of aliphatic hydroxyl groups is 1. The fourth-order valence-electron chi connectivity index (χ4n) is 4.95. The van der Waals surface area contributed by atoms with Crippen LogP contribution in [0.5, 0.6) is 11.5 Å². The summed E-state index contributed by atoms with van der Waals surface area (Å²) in [5.74, 6) is 0.0568. The van der Waals surface area contributed by atoms with Gasteiger partial charge in [0.2, 0.25) is 5.79 Å². The van der Waals surface area contributed by atoms with Gasteiger partial charge in [-0.1, -0.05) is 0 Å². The van der Waals surface area contributed by atoms with Gasteiger partial charge in [-0.05, 0) is 30.4 Å². The Morgan fingerprint density at radius 1 is 1.40 bits per heavy atom. The predicted octanol–water partition coefficient (Wildman–Crippen LogP) is 2.35. The number of rotatable bonds is 2. The second-order valence-corrected chi connectivity index (χ2v) is 7.27. The smallest absolute Gasteiger partial charge is 0.237 e. The fraction of sp³-hybridized carbons (Fsp3) is 0.474. The highest BCUT2D eigenvalue weighted by Crippen LogP contribution is 2.61. The second kappa shape index (κ2) is 4.71. The molecule has 5 rings (SSSR count). The molecular formula is C19H19NO5. The third kappa shape index (κ3) is 1.71. The second-order valence-electron chi connectivity index (χ2n) is 7.27. The molecule has 6 nitrogen and oxygen atoms in total. The van der Waals surface area contributed by atoms with E-state index in [4.69, 9.17) is 14.2 Å². The number of ketones is 1. The normalized spacial score (nSPS) is 32.4. The molecular weight excluding hydrogens is 322 g/mol. The molecule has 1 aromatic carbocycles. The first kappa shape index (κ1) is 15.1. The van der Waals surface area contributed by atoms with Crippen molar-refractivity contribution in [3.8, 4) is 11.5 Å². The van der Waals surface area contributed by atoms with Crippen LogP contribution < -0.4 is 9.47 Å². The molecule has 1 fully saturated rings. The number of ether oxygens (including phenoxy) is 3. The van der Waals surface area contributed by atoms with Crippen molar-refractivity contribution < 1.29 is 24.1 Å². The highest BCUT2D eigenvalue weighted by Gasteiger charge is 2.60. The van der Waals surface area contributed by atoms with E-state index in [0.29, 0.717) is 42.9 Å². The minimum atomic E-state index is -1.15. The van der Waals surface area contributed by atoms with Gasteiger partial charge in [0.05, 0.1) is 7.11 Å². The van der Waals surface area contributed by atoms with Crippen LogP contribution in [-0.2, 0) is 10.2 Å². The van der Waals surface area contributed by atoms with Crippen molar-refractivity contribution in [2.45, 2.75) is 43.0 Å². The summed E-state index contributed by atoms with van der Waals surface area (Å²) >= 11 is 0. The van der Waals surface area contributed by atoms with Gasteiger partial charge >= 0.3 is 0 Å². The van der Waals surface area contributed by atoms with Crippen LogP contribution >= 0.6 is 0 Å². The molecule has 1 aromatic heterocycles. The van der Waals surface area contributed by atoms with Crippen molar-refractivity contribution in [1.29, 1.82) is 0 Å². The molecule has 3 unspecified atom stereocenters. The molecule has 3 atom stereocenters. The molecule has 130 valence electrons. The highest BCUT2D eigenvalue weighted by atomic mass is 16.7. The molecule has 1 spiro atoms. The van der Waals surface area contributed by atoms with Crippen molar-refractivity contribution in [3.05, 3.63) is 29.6 Å². The van der Waals surface area contributed by atoms with Gasteiger partial charge in [0, 0.05) is 42.5 Å². The highest BCUT2D eigenvalue weighted by molar-refractivity contribution is 6.12. The van der Waals surface area contributed by atoms with E-state index in [1.165, 1.54) is 0 Å². The molecule has 25 heavy (non-hydrogen) atoms. The van der Waals surface area contributed by atoms with Crippen LogP contribution in [0.4, 0.5) is 0 Å². The van der Waals surface area contributed by atoms with E-state index in [2.05, 4.69) is 4.98 Å². The van der Waals surface area contributed by atoms with E-state index in [1.807, 2.05) is 12.1 Å². The van der Waals surface area contributed by atoms with E-state index < -0.39 is 17.3 Å². The Bertz CT molecular complexity index is 926. The van der Waals surface area contributed by atoms with Crippen LogP contribution in [0.25, 0.3) is 10.8 Å². The summed E-state index contributed by atoms with van der Waals surface area (Å²) in [6, 6.07) is 3.76. The van der Waals surface area contributed by atoms with Crippen molar-refractivity contribution in [2.75, 3.05) is 14.2 Å². The number of aliphatic hydroxyl groups excluding tert-OH is 1. The Hall–Kier alpha value is -2.18. The molecule has 2 aliphatic carbocycles. The van der Waals surface area contributed by atoms with Gasteiger partial charge in [-0.15, -0.1) is 0 Å². The number of benzene rings is 1. The van der Waals surface area contributed by atoms with Crippen LogP contribution in [0.2, 0.25) is 0 Å². The maximum atomic E-state index is 12.9. The van der Waals surface area contributed by atoms with Crippen molar-refractivity contribution in [2.24, 2.45) is 0 Å². The lowest BCUT2D eigenvalue weighted by atomic mass is 9.59. The lowest BCUT2D eigenvalue weighted by Crippen LogP contribution is -2.61. The molecule has 3 aliphatic rings. The molecule has 1 N–H and O–H groups in total. The number of carbonyl (C=O) groups is 1. The van der Waals surface area contributed by atoms with Gasteiger partial charge in [-0.2, -0.15) is 0 Å². The maximum absolute atomic E-state index is 12.9. The number of methoxy groups -OCH3 is 2. The summed E-state index contributed by atoms with van der Waals surface area (Å²) in [6.45, 7) is 0. The summed E-state index contributed by atoms with van der Waals surface area (Å²) in [5.41, 5.74) is 1.08. The molecule has 0 saturated heterocycles. The molecule has 2 heterocycles. The molecule has 2 bridgehead atoms. The minimum Gasteiger partial charge on any atom is -0.493 e. The third-order valence-electron chi connectivity index (χ3n) is 6.09. The Balaban J connectivity index is 1.93. The Morgan fingerprint density at radius 3 is 3.00 bits per heavy atom. The van der Waals surface area contributed by atoms with Crippen LogP contribution in [0, 0.1) is 0 Å². The predicted molar refractivity (Wildman–Crippen MR) is 89.1 cm³/mol. The monoisotopic (exact) mass is 341 g/mol. The first-order chi connectivity index (χ1) is 12.0. The van der Waals surface area contributed by atoms with Gasteiger partial charge in [-0.25, -0.2) is 0 Å². The average molecular weight is 341 g/mol. The Kier molecular flexibility index (Phi) is 2.84. The van der Waals surface area contributed by atoms with E-state index in [1.54, 1.807) is 20.4 Å². The zero-order valence-electron chi connectivity index (χ0n) is 14.2. The summed E-state index contributed by atoms with van der Waals surface area (Å²) in [5, 5.41) is 12.4. The molecule has 1 aliphatic heterocycles. The van der Waals surface area contributed by atoms with Crippen molar-refractivity contribution in [1.82, 2.24) is 4.98 Å². The maximum Gasteiger partial charge on any atom is 0.237 e. The number of fused-ring (bicyclic) bond motifs is 1. The quantitative estimate of drug-likeness (QED) is 0.903. The van der Waals surface area contributed by atoms with Crippen LogP contribution in [0.15, 0.2) is 18.3 Å². The SMILES string of the molecule is COc1cc2ccnc3c2c2c1OC1(OC)CC2(CCC1O)CC3=O. The lowest BCUT2D eigenvalue weighted by Gasteiger charge is -2.54. The zero-order chi connectivity index (χ0) is 17.4. The zero-order valence-corrected chi connectivity index (χ0v) is 14.2. The summed E-state index contributed by atoms with van der Waals surface area (Å²) in [4.78, 5) is 17.2. The van der Waals surface area contributed by atoms with E-state index in [0.717, 1.165) is 16.3 Å². The van der Waals surface area contributed by atoms with E-state index in [-0.39, 0.29) is 5.78 Å². The van der Waals surface area contributed by atoms with Crippen LogP contribution in [0.3, 0.4) is 0 Å². The van der Waals surface area contributed by atoms with Crippen LogP contribution in [-0.4, -0.2) is 42.0 Å². The molecule has 0 radical (unpaired) electrons. The van der Waals surface area contributed by atoms with Gasteiger partial charge in [0.25, 0.3) is 0 Å². The first-order valence-corrected chi connectivity index (χ1v) is 8.49. The first-order valence-electron chi connectivity index (χ1n) is 8.49.